The van der Waals surface area contributed by atoms with E-state index in [1.807, 2.05) is 53.9 Å². The number of alkyl halides is 3. The second-order valence-electron chi connectivity index (χ2n) is 7.42. The minimum absolute atomic E-state index is 0. The number of hydrogen-bond acceptors (Lipinski definition) is 5. The highest BCUT2D eigenvalue weighted by atomic mass is 35.5. The van der Waals surface area contributed by atoms with E-state index in [-0.39, 0.29) is 12.4 Å². The maximum absolute atomic E-state index is 12.3. The van der Waals surface area contributed by atoms with E-state index in [0.29, 0.717) is 17.2 Å². The summed E-state index contributed by atoms with van der Waals surface area (Å²) in [6.07, 6.45) is 0.740. The highest BCUT2D eigenvalue weighted by Gasteiger charge is 2.27. The van der Waals surface area contributed by atoms with Crippen molar-refractivity contribution in [2.75, 3.05) is 30.9 Å². The third-order valence-electron chi connectivity index (χ3n) is 4.74. The van der Waals surface area contributed by atoms with Gasteiger partial charge in [-0.05, 0) is 30.3 Å². The quantitative estimate of drug-likeness (QED) is 0.425. The summed E-state index contributed by atoms with van der Waals surface area (Å²) in [4.78, 5) is 27.0. The molecule has 0 aliphatic heterocycles. The van der Waals surface area contributed by atoms with E-state index in [9.17, 15) is 18.0 Å². The summed E-state index contributed by atoms with van der Waals surface area (Å²) >= 11 is 0. The molecule has 4 aromatic rings. The normalized spacial score (nSPS) is 11.1. The van der Waals surface area contributed by atoms with Gasteiger partial charge < -0.3 is 15.5 Å². The van der Waals surface area contributed by atoms with Gasteiger partial charge in [0.15, 0.2) is 5.82 Å². The molecule has 0 bridgehead atoms. The highest BCUT2D eigenvalue weighted by molar-refractivity contribution is 5.90. The molecule has 0 saturated carbocycles. The van der Waals surface area contributed by atoms with Crippen LogP contribution in [0.25, 0.3) is 28.3 Å². The van der Waals surface area contributed by atoms with E-state index in [0.717, 1.165) is 22.6 Å². The van der Waals surface area contributed by atoms with Crippen molar-refractivity contribution in [2.45, 2.75) is 6.18 Å². The molecule has 34 heavy (non-hydrogen) atoms. The predicted molar refractivity (Wildman–Crippen MR) is 126 cm³/mol. The molecule has 0 aliphatic rings. The number of anilines is 2. The van der Waals surface area contributed by atoms with Crippen LogP contribution in [0.1, 0.15) is 0 Å². The summed E-state index contributed by atoms with van der Waals surface area (Å²) in [6.45, 7) is -1.41. The number of nitrogens with one attached hydrogen (secondary N) is 2. The molecular weight excluding hydrogens is 471 g/mol. The molecular formula is C22H21ClF3N7O. The fraction of sp³-hybridized carbons (Fsp3) is 0.182. The van der Waals surface area contributed by atoms with Gasteiger partial charge in [-0.15, -0.1) is 12.4 Å². The summed E-state index contributed by atoms with van der Waals surface area (Å²) in [7, 11) is 3.80. The van der Waals surface area contributed by atoms with Crippen molar-refractivity contribution in [3.05, 3.63) is 61.1 Å². The van der Waals surface area contributed by atoms with Crippen molar-refractivity contribution in [2.24, 2.45) is 0 Å². The Kier molecular flexibility index (Phi) is 7.26. The van der Waals surface area contributed by atoms with Gasteiger partial charge in [0.1, 0.15) is 18.0 Å². The van der Waals surface area contributed by atoms with Gasteiger partial charge in [0.25, 0.3) is 0 Å². The van der Waals surface area contributed by atoms with Gasteiger partial charge in [0, 0.05) is 43.3 Å². The Morgan fingerprint density at radius 1 is 1.09 bits per heavy atom. The molecule has 0 unspecified atom stereocenters. The van der Waals surface area contributed by atoms with Crippen LogP contribution in [0.5, 0.6) is 0 Å². The topological polar surface area (TPSA) is 87.5 Å². The van der Waals surface area contributed by atoms with Gasteiger partial charge in [-0.2, -0.15) is 13.2 Å². The molecule has 0 radical (unpaired) electrons. The van der Waals surface area contributed by atoms with Crippen LogP contribution < -0.4 is 15.5 Å². The first-order valence-corrected chi connectivity index (χ1v) is 9.89. The monoisotopic (exact) mass is 491 g/mol. The Bertz CT molecular complexity index is 1310. The molecule has 2 amide bonds. The van der Waals surface area contributed by atoms with Crippen LogP contribution in [0.3, 0.4) is 0 Å². The molecule has 4 rings (SSSR count). The second kappa shape index (κ2) is 9.96. The number of fused-ring (bicyclic) bond motifs is 1. The maximum Gasteiger partial charge on any atom is 0.405 e. The standard InChI is InChI=1S/C22H20F3N7O.ClH/c1-31(2)18-6-8-26-20(30-18)15-7-9-32-17(12-27-19(32)11-15)14-4-3-5-16(10-14)29-21(33)28-13-22(23,24)25;/h3-12H,13H2,1-2H3,(H2,28,29,33);1H. The van der Waals surface area contributed by atoms with Crippen LogP contribution in [0.2, 0.25) is 0 Å². The van der Waals surface area contributed by atoms with E-state index < -0.39 is 18.8 Å². The van der Waals surface area contributed by atoms with Crippen LogP contribution in [-0.2, 0) is 0 Å². The number of rotatable bonds is 5. The lowest BCUT2D eigenvalue weighted by molar-refractivity contribution is -0.122. The predicted octanol–water partition coefficient (Wildman–Crippen LogP) is 4.63. The number of pyridine rings is 1. The average Bonchev–Trinajstić information content (AvgIpc) is 3.21. The minimum atomic E-state index is -4.48. The number of aromatic nitrogens is 4. The van der Waals surface area contributed by atoms with Crippen LogP contribution in [0, 0.1) is 0 Å². The Morgan fingerprint density at radius 2 is 1.88 bits per heavy atom. The van der Waals surface area contributed by atoms with Crippen molar-refractivity contribution < 1.29 is 18.0 Å². The van der Waals surface area contributed by atoms with E-state index in [1.54, 1.807) is 35.9 Å². The van der Waals surface area contributed by atoms with Gasteiger partial charge >= 0.3 is 12.2 Å². The zero-order valence-corrected chi connectivity index (χ0v) is 19.0. The lowest BCUT2D eigenvalue weighted by Gasteiger charge is -2.12. The largest absolute Gasteiger partial charge is 0.405 e. The summed E-state index contributed by atoms with van der Waals surface area (Å²) in [5.74, 6) is 1.36. The molecule has 2 N–H and O–H groups in total. The number of nitrogens with zero attached hydrogens (tertiary/aromatic N) is 5. The SMILES string of the molecule is CN(C)c1ccnc(-c2ccn3c(-c4cccc(NC(=O)NCC(F)(F)F)c4)cnc3c2)n1.Cl. The van der Waals surface area contributed by atoms with Crippen molar-refractivity contribution in [1.82, 2.24) is 24.7 Å². The third kappa shape index (κ3) is 5.73. The molecule has 1 aromatic carbocycles. The van der Waals surface area contributed by atoms with E-state index >= 15 is 0 Å². The molecule has 0 fully saturated rings. The zero-order chi connectivity index (χ0) is 23.6. The Balaban J connectivity index is 0.00000324. The van der Waals surface area contributed by atoms with E-state index in [1.165, 1.54) is 0 Å². The zero-order valence-electron chi connectivity index (χ0n) is 18.2. The van der Waals surface area contributed by atoms with E-state index in [4.69, 9.17) is 0 Å². The molecule has 178 valence electrons. The number of benzene rings is 1. The number of amides is 2. The first-order chi connectivity index (χ1) is 15.7. The fourth-order valence-corrected chi connectivity index (χ4v) is 3.18. The first kappa shape index (κ1) is 24.8. The highest BCUT2D eigenvalue weighted by Crippen LogP contribution is 2.26. The van der Waals surface area contributed by atoms with Gasteiger partial charge in [0.05, 0.1) is 11.9 Å². The Morgan fingerprint density at radius 3 is 2.62 bits per heavy atom. The number of hydrogen-bond donors (Lipinski definition) is 2. The van der Waals surface area contributed by atoms with Crippen LogP contribution in [0.4, 0.5) is 29.5 Å². The van der Waals surface area contributed by atoms with Crippen LogP contribution in [0.15, 0.2) is 61.1 Å². The summed E-state index contributed by atoms with van der Waals surface area (Å²) in [6, 6.07) is 11.4. The average molecular weight is 492 g/mol. The molecule has 0 saturated heterocycles. The van der Waals surface area contributed by atoms with Crippen LogP contribution in [-0.4, -0.2) is 52.2 Å². The van der Waals surface area contributed by atoms with E-state index in [2.05, 4.69) is 20.3 Å². The lowest BCUT2D eigenvalue weighted by atomic mass is 10.1. The van der Waals surface area contributed by atoms with Gasteiger partial charge in [-0.25, -0.2) is 19.7 Å². The number of urea groups is 1. The number of halogens is 4. The third-order valence-corrected chi connectivity index (χ3v) is 4.74. The van der Waals surface area contributed by atoms with Crippen LogP contribution >= 0.6 is 12.4 Å². The minimum Gasteiger partial charge on any atom is -0.363 e. The maximum atomic E-state index is 12.3. The number of carbonyl (C=O) groups is 1. The van der Waals surface area contributed by atoms with Crippen molar-refractivity contribution >= 4 is 35.6 Å². The van der Waals surface area contributed by atoms with Gasteiger partial charge in [-0.3, -0.25) is 4.40 Å². The molecule has 0 spiro atoms. The number of imidazole rings is 1. The molecule has 12 heteroatoms. The smallest absolute Gasteiger partial charge is 0.363 e. The lowest BCUT2D eigenvalue weighted by Crippen LogP contribution is -2.36. The first-order valence-electron chi connectivity index (χ1n) is 9.89. The van der Waals surface area contributed by atoms with Crippen molar-refractivity contribution in [3.63, 3.8) is 0 Å². The summed E-state index contributed by atoms with van der Waals surface area (Å²) in [5.41, 5.74) is 3.31. The Labute approximate surface area is 199 Å². The van der Waals surface area contributed by atoms with Crippen molar-refractivity contribution in [3.8, 4) is 22.6 Å². The van der Waals surface area contributed by atoms with Gasteiger partial charge in [0.2, 0.25) is 0 Å². The molecule has 3 aromatic heterocycles. The fourth-order valence-electron chi connectivity index (χ4n) is 3.18. The summed E-state index contributed by atoms with van der Waals surface area (Å²) in [5, 5.41) is 4.19. The molecule has 8 nitrogen and oxygen atoms in total. The van der Waals surface area contributed by atoms with Gasteiger partial charge in [-0.1, -0.05) is 12.1 Å². The summed E-state index contributed by atoms with van der Waals surface area (Å²) < 4.78 is 38.7. The molecule has 3 heterocycles. The van der Waals surface area contributed by atoms with Crippen molar-refractivity contribution in [1.29, 1.82) is 0 Å². The Hall–Kier alpha value is -3.86. The second-order valence-corrected chi connectivity index (χ2v) is 7.42. The molecule has 0 atom stereocenters. The molecule has 0 aliphatic carbocycles. The number of carbonyl (C=O) groups excluding carboxylic acids is 1.